The van der Waals surface area contributed by atoms with Crippen LogP contribution in [0.25, 0.3) is 0 Å². The number of hydrogen-bond acceptors (Lipinski definition) is 4. The first-order valence-electron chi connectivity index (χ1n) is 6.50. The van der Waals surface area contributed by atoms with Crippen LogP contribution in [0.2, 0.25) is 0 Å². The van der Waals surface area contributed by atoms with E-state index in [-0.39, 0.29) is 18.4 Å². The van der Waals surface area contributed by atoms with Crippen LogP contribution in [0, 0.1) is 5.41 Å². The van der Waals surface area contributed by atoms with Gasteiger partial charge < -0.3 is 21.1 Å². The van der Waals surface area contributed by atoms with Gasteiger partial charge >= 0.3 is 5.97 Å². The molecule has 0 fully saturated rings. The molecule has 0 bridgehead atoms. The van der Waals surface area contributed by atoms with Gasteiger partial charge in [-0.1, -0.05) is 0 Å². The molecule has 116 valence electrons. The zero-order valence-electron chi connectivity index (χ0n) is 12.8. The Labute approximate surface area is 119 Å². The number of carbonyl (C=O) groups excluding carboxylic acids is 2. The predicted molar refractivity (Wildman–Crippen MR) is 75.2 cm³/mol. The monoisotopic (exact) mass is 287 g/mol. The predicted octanol–water partition coefficient (Wildman–Crippen LogP) is -0.282. The van der Waals surface area contributed by atoms with Gasteiger partial charge in [0.25, 0.3) is 0 Å². The van der Waals surface area contributed by atoms with Crippen molar-refractivity contribution in [3.63, 3.8) is 0 Å². The zero-order valence-corrected chi connectivity index (χ0v) is 12.8. The van der Waals surface area contributed by atoms with E-state index in [1.54, 1.807) is 27.7 Å². The second-order valence-corrected chi connectivity index (χ2v) is 5.74. The molecule has 0 saturated carbocycles. The number of aliphatic carboxylic acids is 1. The van der Waals surface area contributed by atoms with Crippen molar-refractivity contribution in [1.82, 2.24) is 16.0 Å². The first-order valence-corrected chi connectivity index (χ1v) is 6.50. The number of hydrogen-bond donors (Lipinski definition) is 4. The third kappa shape index (κ3) is 5.56. The molecule has 0 atom stereocenters. The summed E-state index contributed by atoms with van der Waals surface area (Å²) in [7, 11) is 0. The fraction of sp³-hybridized carbons (Fsp3) is 0.769. The molecule has 0 aliphatic carbocycles. The third-order valence-corrected chi connectivity index (χ3v) is 3.61. The van der Waals surface area contributed by atoms with Crippen LogP contribution >= 0.6 is 0 Å². The fourth-order valence-corrected chi connectivity index (χ4v) is 1.29. The largest absolute Gasteiger partial charge is 0.481 e. The van der Waals surface area contributed by atoms with Crippen molar-refractivity contribution in [2.75, 3.05) is 19.6 Å². The minimum atomic E-state index is -1.01. The Morgan fingerprint density at radius 2 is 1.50 bits per heavy atom. The van der Waals surface area contributed by atoms with Crippen molar-refractivity contribution < 1.29 is 19.5 Å². The Hall–Kier alpha value is -1.63. The van der Waals surface area contributed by atoms with E-state index in [0.717, 1.165) is 0 Å². The van der Waals surface area contributed by atoms with E-state index in [4.69, 9.17) is 0 Å². The van der Waals surface area contributed by atoms with Crippen molar-refractivity contribution >= 4 is 17.8 Å². The Bertz CT molecular complexity index is 378. The summed E-state index contributed by atoms with van der Waals surface area (Å²) in [4.78, 5) is 33.4. The lowest BCUT2D eigenvalue weighted by Crippen LogP contribution is -2.57. The summed E-state index contributed by atoms with van der Waals surface area (Å²) in [6, 6.07) is 0. The summed E-state index contributed by atoms with van der Waals surface area (Å²) < 4.78 is 0. The highest BCUT2D eigenvalue weighted by atomic mass is 16.4. The van der Waals surface area contributed by atoms with Crippen molar-refractivity contribution in [2.45, 2.75) is 40.2 Å². The molecule has 0 radical (unpaired) electrons. The highest BCUT2D eigenvalue weighted by Gasteiger charge is 2.43. The van der Waals surface area contributed by atoms with Gasteiger partial charge in [0.15, 0.2) is 0 Å². The number of nitrogens with one attached hydrogen (secondary N) is 3. The second-order valence-electron chi connectivity index (χ2n) is 5.74. The summed E-state index contributed by atoms with van der Waals surface area (Å²) in [5, 5.41) is 17.3. The standard InChI is InChI=1S/C13H25N3O4/c1-9(17)14-6-7-15-10(18)8-16-13(4,5)12(2,3)11(19)20/h16H,6-8H2,1-5H3,(H,14,17)(H,15,18)(H,19,20). The molecule has 0 aromatic rings. The molecule has 2 amide bonds. The van der Waals surface area contributed by atoms with Gasteiger partial charge in [0.05, 0.1) is 12.0 Å². The lowest BCUT2D eigenvalue weighted by atomic mass is 9.74. The third-order valence-electron chi connectivity index (χ3n) is 3.61. The van der Waals surface area contributed by atoms with E-state index in [9.17, 15) is 19.5 Å². The highest BCUT2D eigenvalue weighted by molar-refractivity contribution is 5.79. The molecular formula is C13H25N3O4. The first kappa shape index (κ1) is 18.4. The van der Waals surface area contributed by atoms with Gasteiger partial charge in [0.1, 0.15) is 0 Å². The smallest absolute Gasteiger partial charge is 0.310 e. The van der Waals surface area contributed by atoms with Crippen molar-refractivity contribution in [3.05, 3.63) is 0 Å². The summed E-state index contributed by atoms with van der Waals surface area (Å²) in [5.41, 5.74) is -1.75. The van der Waals surface area contributed by atoms with Crippen LogP contribution in [-0.2, 0) is 14.4 Å². The van der Waals surface area contributed by atoms with E-state index in [0.29, 0.717) is 13.1 Å². The molecule has 7 nitrogen and oxygen atoms in total. The quantitative estimate of drug-likeness (QED) is 0.459. The van der Waals surface area contributed by atoms with Crippen LogP contribution in [0.5, 0.6) is 0 Å². The molecule has 0 heterocycles. The SMILES string of the molecule is CC(=O)NCCNC(=O)CNC(C)(C)C(C)(C)C(=O)O. The molecule has 0 unspecified atom stereocenters. The molecule has 0 saturated heterocycles. The van der Waals surface area contributed by atoms with Crippen LogP contribution in [-0.4, -0.2) is 48.1 Å². The molecule has 0 rings (SSSR count). The number of amides is 2. The summed E-state index contributed by atoms with van der Waals surface area (Å²) >= 11 is 0. The van der Waals surface area contributed by atoms with Gasteiger partial charge in [-0.15, -0.1) is 0 Å². The Morgan fingerprint density at radius 1 is 1.00 bits per heavy atom. The lowest BCUT2D eigenvalue weighted by Gasteiger charge is -2.38. The van der Waals surface area contributed by atoms with Gasteiger partial charge in [-0.3, -0.25) is 14.4 Å². The maximum atomic E-state index is 11.6. The van der Waals surface area contributed by atoms with E-state index in [1.165, 1.54) is 6.92 Å². The summed E-state index contributed by atoms with van der Waals surface area (Å²) in [6.07, 6.45) is 0. The van der Waals surface area contributed by atoms with Crippen LogP contribution in [0.1, 0.15) is 34.6 Å². The van der Waals surface area contributed by atoms with E-state index < -0.39 is 16.9 Å². The normalized spacial score (nSPS) is 11.8. The van der Waals surface area contributed by atoms with Gasteiger partial charge in [0.2, 0.25) is 11.8 Å². The zero-order chi connectivity index (χ0) is 16.0. The molecule has 4 N–H and O–H groups in total. The molecule has 0 aliphatic rings. The Morgan fingerprint density at radius 3 is 1.95 bits per heavy atom. The van der Waals surface area contributed by atoms with Gasteiger partial charge in [-0.05, 0) is 27.7 Å². The van der Waals surface area contributed by atoms with Gasteiger partial charge in [-0.25, -0.2) is 0 Å². The van der Waals surface area contributed by atoms with Crippen LogP contribution in [0.3, 0.4) is 0 Å². The Kier molecular flexibility index (Phi) is 6.64. The molecule has 7 heteroatoms. The molecule has 0 spiro atoms. The summed E-state index contributed by atoms with van der Waals surface area (Å²) in [5.74, 6) is -1.33. The van der Waals surface area contributed by atoms with Crippen molar-refractivity contribution in [3.8, 4) is 0 Å². The minimum absolute atomic E-state index is 0.0176. The molecule has 0 aromatic heterocycles. The average Bonchev–Trinajstić information content (AvgIpc) is 2.31. The van der Waals surface area contributed by atoms with E-state index >= 15 is 0 Å². The Balaban J connectivity index is 4.17. The average molecular weight is 287 g/mol. The maximum absolute atomic E-state index is 11.6. The highest BCUT2D eigenvalue weighted by Crippen LogP contribution is 2.30. The van der Waals surface area contributed by atoms with Crippen LogP contribution in [0.15, 0.2) is 0 Å². The fourth-order valence-electron chi connectivity index (χ4n) is 1.29. The van der Waals surface area contributed by atoms with E-state index in [1.807, 2.05) is 0 Å². The molecular weight excluding hydrogens is 262 g/mol. The van der Waals surface area contributed by atoms with E-state index in [2.05, 4.69) is 16.0 Å². The second kappa shape index (κ2) is 7.23. The number of rotatable bonds is 8. The number of carboxylic acid groups (broad SMARTS) is 1. The van der Waals surface area contributed by atoms with Crippen molar-refractivity contribution in [1.29, 1.82) is 0 Å². The maximum Gasteiger partial charge on any atom is 0.310 e. The lowest BCUT2D eigenvalue weighted by molar-refractivity contribution is -0.151. The summed E-state index contributed by atoms with van der Waals surface area (Å²) in [6.45, 7) is 8.82. The van der Waals surface area contributed by atoms with Crippen LogP contribution < -0.4 is 16.0 Å². The molecule has 20 heavy (non-hydrogen) atoms. The van der Waals surface area contributed by atoms with Gasteiger partial charge in [-0.2, -0.15) is 0 Å². The minimum Gasteiger partial charge on any atom is -0.481 e. The number of carboxylic acids is 1. The van der Waals surface area contributed by atoms with Crippen LogP contribution in [0.4, 0.5) is 0 Å². The topological polar surface area (TPSA) is 108 Å². The number of carbonyl (C=O) groups is 3. The van der Waals surface area contributed by atoms with Crippen molar-refractivity contribution in [2.24, 2.45) is 5.41 Å². The van der Waals surface area contributed by atoms with Gasteiger partial charge in [0, 0.05) is 25.6 Å². The first-order chi connectivity index (χ1) is 9.00. The molecule has 0 aromatic carbocycles. The molecule has 0 aliphatic heterocycles.